The molecule has 0 amide bonds. The molecule has 5 heteroatoms. The van der Waals surface area contributed by atoms with Crippen LogP contribution in [0.25, 0.3) is 0 Å². The fourth-order valence-electron chi connectivity index (χ4n) is 2.00. The Bertz CT molecular complexity index is 509. The van der Waals surface area contributed by atoms with Gasteiger partial charge in [0.2, 0.25) is 0 Å². The quantitative estimate of drug-likeness (QED) is 0.918. The predicted octanol–water partition coefficient (Wildman–Crippen LogP) is 1.94. The zero-order valence-corrected chi connectivity index (χ0v) is 12.0. The Morgan fingerprint density at radius 3 is 2.83 bits per heavy atom. The van der Waals surface area contributed by atoms with Crippen molar-refractivity contribution < 1.29 is 0 Å². The smallest absolute Gasteiger partial charge is 0.138 e. The average Bonchev–Trinajstić information content (AvgIpc) is 2.74. The number of hydrogen-bond donors (Lipinski definition) is 1. The molecule has 4 nitrogen and oxygen atoms in total. The van der Waals surface area contributed by atoms with Crippen LogP contribution < -0.4 is 5.73 Å². The van der Waals surface area contributed by atoms with Crippen LogP contribution in [-0.4, -0.2) is 21.3 Å². The Balaban J connectivity index is 2.04. The van der Waals surface area contributed by atoms with Crippen molar-refractivity contribution in [2.45, 2.75) is 12.8 Å². The Morgan fingerprint density at radius 2 is 2.22 bits per heavy atom. The summed E-state index contributed by atoms with van der Waals surface area (Å²) in [6.07, 6.45) is 3.41. The number of halogens is 1. The Labute approximate surface area is 115 Å². The van der Waals surface area contributed by atoms with Crippen LogP contribution in [0.5, 0.6) is 0 Å². The Hall–Kier alpha value is -1.20. The van der Waals surface area contributed by atoms with E-state index < -0.39 is 0 Å². The van der Waals surface area contributed by atoms with Gasteiger partial charge in [0, 0.05) is 17.9 Å². The van der Waals surface area contributed by atoms with Gasteiger partial charge in [-0.1, -0.05) is 28.1 Å². The first kappa shape index (κ1) is 13.2. The van der Waals surface area contributed by atoms with Crippen molar-refractivity contribution in [3.63, 3.8) is 0 Å². The molecule has 1 atom stereocenters. The lowest BCUT2D eigenvalue weighted by atomic mass is 9.96. The van der Waals surface area contributed by atoms with E-state index in [1.165, 1.54) is 5.56 Å². The zero-order chi connectivity index (χ0) is 13.0. The number of aromatic nitrogens is 3. The van der Waals surface area contributed by atoms with Crippen LogP contribution in [0.2, 0.25) is 0 Å². The van der Waals surface area contributed by atoms with Gasteiger partial charge in [-0.15, -0.1) is 0 Å². The van der Waals surface area contributed by atoms with E-state index in [9.17, 15) is 0 Å². The molecule has 0 spiro atoms. The molecule has 2 N–H and O–H groups in total. The molecule has 0 aliphatic rings. The van der Waals surface area contributed by atoms with Crippen molar-refractivity contribution in [3.8, 4) is 0 Å². The molecule has 0 radical (unpaired) electrons. The van der Waals surface area contributed by atoms with E-state index in [1.807, 2.05) is 17.8 Å². The minimum atomic E-state index is 0.391. The fourth-order valence-corrected chi connectivity index (χ4v) is 2.45. The predicted molar refractivity (Wildman–Crippen MR) is 75.1 cm³/mol. The molecule has 2 rings (SSSR count). The summed E-state index contributed by atoms with van der Waals surface area (Å²) in [7, 11) is 1.91. The molecule has 96 valence electrons. The second-order valence-electron chi connectivity index (χ2n) is 4.44. The highest BCUT2D eigenvalue weighted by Gasteiger charge is 2.12. The Morgan fingerprint density at radius 1 is 1.39 bits per heavy atom. The lowest BCUT2D eigenvalue weighted by Gasteiger charge is -2.14. The number of nitrogens with two attached hydrogens (primary N) is 1. The van der Waals surface area contributed by atoms with Crippen LogP contribution in [0.4, 0.5) is 0 Å². The van der Waals surface area contributed by atoms with Crippen molar-refractivity contribution in [1.82, 2.24) is 14.8 Å². The lowest BCUT2D eigenvalue weighted by Crippen LogP contribution is -2.21. The topological polar surface area (TPSA) is 56.7 Å². The van der Waals surface area contributed by atoms with Gasteiger partial charge in [-0.05, 0) is 36.6 Å². The van der Waals surface area contributed by atoms with Gasteiger partial charge in [-0.2, -0.15) is 5.10 Å². The van der Waals surface area contributed by atoms with E-state index >= 15 is 0 Å². The molecule has 1 unspecified atom stereocenters. The largest absolute Gasteiger partial charge is 0.330 e. The summed E-state index contributed by atoms with van der Waals surface area (Å²) in [6.45, 7) is 0.652. The first-order chi connectivity index (χ1) is 8.69. The molecule has 18 heavy (non-hydrogen) atoms. The molecule has 0 saturated heterocycles. The summed E-state index contributed by atoms with van der Waals surface area (Å²) in [4.78, 5) is 4.25. The number of benzene rings is 1. The molecule has 2 aromatic rings. The van der Waals surface area contributed by atoms with Crippen molar-refractivity contribution in [1.29, 1.82) is 0 Å². The van der Waals surface area contributed by atoms with Gasteiger partial charge in [0.1, 0.15) is 12.2 Å². The molecule has 0 saturated carbocycles. The van der Waals surface area contributed by atoms with E-state index in [0.717, 1.165) is 23.1 Å². The molecule has 0 aliphatic carbocycles. The summed E-state index contributed by atoms with van der Waals surface area (Å²) in [5.41, 5.74) is 7.15. The first-order valence-corrected chi connectivity index (χ1v) is 6.75. The number of hydrogen-bond acceptors (Lipinski definition) is 3. The van der Waals surface area contributed by atoms with Crippen molar-refractivity contribution in [2.24, 2.45) is 18.7 Å². The summed E-state index contributed by atoms with van der Waals surface area (Å²) in [5.74, 6) is 1.38. The highest BCUT2D eigenvalue weighted by Crippen LogP contribution is 2.16. The van der Waals surface area contributed by atoms with E-state index in [-0.39, 0.29) is 0 Å². The third-order valence-corrected chi connectivity index (χ3v) is 3.52. The van der Waals surface area contributed by atoms with Crippen LogP contribution in [-0.2, 0) is 19.9 Å². The normalized spacial score (nSPS) is 12.6. The molecular formula is C13H17BrN4. The van der Waals surface area contributed by atoms with Crippen LogP contribution in [0.15, 0.2) is 35.1 Å². The molecule has 1 aromatic heterocycles. The van der Waals surface area contributed by atoms with Crippen molar-refractivity contribution >= 4 is 15.9 Å². The maximum atomic E-state index is 5.86. The van der Waals surface area contributed by atoms with E-state index in [1.54, 1.807) is 6.33 Å². The highest BCUT2D eigenvalue weighted by molar-refractivity contribution is 9.10. The third-order valence-electron chi connectivity index (χ3n) is 3.02. The van der Waals surface area contributed by atoms with E-state index in [4.69, 9.17) is 5.73 Å². The van der Waals surface area contributed by atoms with Gasteiger partial charge in [-0.25, -0.2) is 4.98 Å². The summed E-state index contributed by atoms with van der Waals surface area (Å²) < 4.78 is 2.92. The second kappa shape index (κ2) is 6.11. The standard InChI is InChI=1S/C13H17BrN4/c1-18-13(16-9-17-18)7-11(8-15)5-10-3-2-4-12(14)6-10/h2-4,6,9,11H,5,7-8,15H2,1H3. The maximum absolute atomic E-state index is 5.86. The molecule has 1 heterocycles. The number of nitrogens with zero attached hydrogens (tertiary/aromatic N) is 3. The Kier molecular flexibility index (Phi) is 4.49. The van der Waals surface area contributed by atoms with Crippen molar-refractivity contribution in [2.75, 3.05) is 6.54 Å². The van der Waals surface area contributed by atoms with Crippen molar-refractivity contribution in [3.05, 3.63) is 46.5 Å². The zero-order valence-electron chi connectivity index (χ0n) is 10.4. The van der Waals surface area contributed by atoms with Gasteiger partial charge in [0.05, 0.1) is 0 Å². The summed E-state index contributed by atoms with van der Waals surface area (Å²) >= 11 is 3.49. The summed E-state index contributed by atoms with van der Waals surface area (Å²) in [5, 5.41) is 4.08. The summed E-state index contributed by atoms with van der Waals surface area (Å²) in [6, 6.07) is 8.35. The minimum Gasteiger partial charge on any atom is -0.330 e. The van der Waals surface area contributed by atoms with Gasteiger partial charge in [0.25, 0.3) is 0 Å². The van der Waals surface area contributed by atoms with E-state index in [0.29, 0.717) is 12.5 Å². The fraction of sp³-hybridized carbons (Fsp3) is 0.385. The molecule has 0 fully saturated rings. The number of rotatable bonds is 5. The minimum absolute atomic E-state index is 0.391. The maximum Gasteiger partial charge on any atom is 0.138 e. The van der Waals surface area contributed by atoms with Gasteiger partial charge < -0.3 is 5.73 Å². The average molecular weight is 309 g/mol. The first-order valence-electron chi connectivity index (χ1n) is 5.96. The number of aryl methyl sites for hydroxylation is 1. The van der Waals surface area contributed by atoms with Gasteiger partial charge in [0.15, 0.2) is 0 Å². The second-order valence-corrected chi connectivity index (χ2v) is 5.36. The van der Waals surface area contributed by atoms with E-state index in [2.05, 4.69) is 44.2 Å². The lowest BCUT2D eigenvalue weighted by molar-refractivity contribution is 0.503. The van der Waals surface area contributed by atoms with Crippen LogP contribution in [0, 0.1) is 5.92 Å². The van der Waals surface area contributed by atoms with Crippen LogP contribution >= 0.6 is 15.9 Å². The monoisotopic (exact) mass is 308 g/mol. The molecular weight excluding hydrogens is 292 g/mol. The van der Waals surface area contributed by atoms with Crippen LogP contribution in [0.1, 0.15) is 11.4 Å². The third kappa shape index (κ3) is 3.40. The molecule has 0 bridgehead atoms. The SMILES string of the molecule is Cn1ncnc1CC(CN)Cc1cccc(Br)c1. The molecule has 0 aliphatic heterocycles. The highest BCUT2D eigenvalue weighted by atomic mass is 79.9. The van der Waals surface area contributed by atoms with Gasteiger partial charge in [-0.3, -0.25) is 4.68 Å². The van der Waals surface area contributed by atoms with Gasteiger partial charge >= 0.3 is 0 Å². The van der Waals surface area contributed by atoms with Crippen LogP contribution in [0.3, 0.4) is 0 Å². The molecule has 1 aromatic carbocycles.